The van der Waals surface area contributed by atoms with Gasteiger partial charge >= 0.3 is 6.16 Å². The third kappa shape index (κ3) is 4.74. The molecule has 0 saturated heterocycles. The number of rotatable bonds is 0. The van der Waals surface area contributed by atoms with Gasteiger partial charge in [0.05, 0.1) is 0 Å². The Bertz CT molecular complexity index is 95.9. The van der Waals surface area contributed by atoms with Gasteiger partial charge in [-0.3, -0.25) is 4.79 Å². The Labute approximate surface area is 45.2 Å². The molecule has 0 saturated carbocycles. The zero-order valence-electron chi connectivity index (χ0n) is 4.17. The summed E-state index contributed by atoms with van der Waals surface area (Å²) in [6, 6.07) is 0. The van der Waals surface area contributed by atoms with Crippen molar-refractivity contribution in [2.45, 2.75) is 6.92 Å². The number of hydrogen-bond acceptors (Lipinski definition) is 3. The third-order valence-electron chi connectivity index (χ3n) is 0.282. The van der Waals surface area contributed by atoms with Crippen molar-refractivity contribution < 1.29 is 19.5 Å². The molecular formula is C3H5NO4. The highest BCUT2D eigenvalue weighted by Gasteiger charge is 1.95. The van der Waals surface area contributed by atoms with Gasteiger partial charge in [-0.2, -0.15) is 5.48 Å². The number of carbonyl (C=O) groups is 2. The summed E-state index contributed by atoms with van der Waals surface area (Å²) in [4.78, 5) is 22.9. The van der Waals surface area contributed by atoms with Crippen molar-refractivity contribution in [1.29, 1.82) is 0 Å². The van der Waals surface area contributed by atoms with Crippen LogP contribution in [0.1, 0.15) is 6.92 Å². The third-order valence-corrected chi connectivity index (χ3v) is 0.282. The Balaban J connectivity index is 3.18. The summed E-state index contributed by atoms with van der Waals surface area (Å²) in [5.74, 6) is -0.549. The molecule has 5 nitrogen and oxygen atoms in total. The molecule has 0 fully saturated rings. The van der Waals surface area contributed by atoms with Crippen molar-refractivity contribution in [3.05, 3.63) is 0 Å². The van der Waals surface area contributed by atoms with Crippen LogP contribution in [0.4, 0.5) is 4.79 Å². The molecule has 8 heavy (non-hydrogen) atoms. The van der Waals surface area contributed by atoms with Crippen LogP contribution >= 0.6 is 0 Å². The van der Waals surface area contributed by atoms with Gasteiger partial charge in [0, 0.05) is 6.92 Å². The molecule has 0 radical (unpaired) electrons. The van der Waals surface area contributed by atoms with Crippen LogP contribution in [0.3, 0.4) is 0 Å². The second-order valence-corrected chi connectivity index (χ2v) is 1.03. The Morgan fingerprint density at radius 3 is 2.25 bits per heavy atom. The lowest BCUT2D eigenvalue weighted by Crippen LogP contribution is -2.22. The van der Waals surface area contributed by atoms with E-state index in [0.29, 0.717) is 0 Å². The molecule has 0 aromatic carbocycles. The molecule has 0 aliphatic rings. The van der Waals surface area contributed by atoms with Crippen LogP contribution in [-0.4, -0.2) is 17.2 Å². The maximum atomic E-state index is 9.85. The van der Waals surface area contributed by atoms with Crippen molar-refractivity contribution >= 4 is 12.1 Å². The first-order chi connectivity index (χ1) is 3.63. The fraction of sp³-hybridized carbons (Fsp3) is 0.333. The Morgan fingerprint density at radius 1 is 1.62 bits per heavy atom. The quantitative estimate of drug-likeness (QED) is 0.430. The fourth-order valence-electron chi connectivity index (χ4n) is 0.116. The maximum Gasteiger partial charge on any atom is 0.530 e. The molecule has 5 heteroatoms. The molecule has 46 valence electrons. The first kappa shape index (κ1) is 6.74. The number of carboxylic acid groups (broad SMARTS) is 1. The van der Waals surface area contributed by atoms with Crippen molar-refractivity contribution in [1.82, 2.24) is 5.48 Å². The monoisotopic (exact) mass is 119 g/mol. The number of nitrogens with one attached hydrogen (secondary N) is 1. The molecule has 0 aliphatic carbocycles. The summed E-state index contributed by atoms with van der Waals surface area (Å²) in [7, 11) is 0. The summed E-state index contributed by atoms with van der Waals surface area (Å²) in [5, 5.41) is 7.73. The second kappa shape index (κ2) is 2.84. The average molecular weight is 119 g/mol. The van der Waals surface area contributed by atoms with E-state index in [1.54, 1.807) is 5.48 Å². The number of hydroxylamine groups is 1. The highest BCUT2D eigenvalue weighted by molar-refractivity contribution is 5.73. The minimum Gasteiger partial charge on any atom is -0.448 e. The smallest absolute Gasteiger partial charge is 0.448 e. The molecule has 0 aromatic rings. The van der Waals surface area contributed by atoms with Crippen molar-refractivity contribution in [3.8, 4) is 0 Å². The van der Waals surface area contributed by atoms with Crippen molar-refractivity contribution in [2.24, 2.45) is 0 Å². The van der Waals surface area contributed by atoms with Crippen LogP contribution in [0.2, 0.25) is 0 Å². The first-order valence-electron chi connectivity index (χ1n) is 1.79. The van der Waals surface area contributed by atoms with Crippen LogP contribution in [-0.2, 0) is 9.63 Å². The molecular weight excluding hydrogens is 114 g/mol. The van der Waals surface area contributed by atoms with Gasteiger partial charge in [-0.25, -0.2) is 4.79 Å². The van der Waals surface area contributed by atoms with Gasteiger partial charge in [0.2, 0.25) is 5.91 Å². The zero-order chi connectivity index (χ0) is 6.57. The highest BCUT2D eigenvalue weighted by Crippen LogP contribution is 1.66. The SMILES string of the molecule is CC(=O)NOC(=O)O. The second-order valence-electron chi connectivity index (χ2n) is 1.03. The van der Waals surface area contributed by atoms with E-state index in [2.05, 4.69) is 4.84 Å². The van der Waals surface area contributed by atoms with Gasteiger partial charge in [0.1, 0.15) is 0 Å². The highest BCUT2D eigenvalue weighted by atomic mass is 16.8. The summed E-state index contributed by atoms with van der Waals surface area (Å²) in [6.45, 7) is 1.14. The van der Waals surface area contributed by atoms with E-state index in [1.165, 1.54) is 0 Å². The standard InChI is InChI=1S/C3H5NO4/c1-2(5)4-8-3(6)7/h1H3,(H,4,5)(H,6,7). The summed E-state index contributed by atoms with van der Waals surface area (Å²) < 4.78 is 0. The summed E-state index contributed by atoms with van der Waals surface area (Å²) in [6.07, 6.45) is -1.53. The lowest BCUT2D eigenvalue weighted by Gasteiger charge is -1.94. The Hall–Kier alpha value is -1.26. The van der Waals surface area contributed by atoms with E-state index in [0.717, 1.165) is 6.92 Å². The maximum absolute atomic E-state index is 9.85. The topological polar surface area (TPSA) is 75.6 Å². The number of hydrogen-bond donors (Lipinski definition) is 2. The fourth-order valence-corrected chi connectivity index (χ4v) is 0.116. The van der Waals surface area contributed by atoms with Crippen molar-refractivity contribution in [2.75, 3.05) is 0 Å². The van der Waals surface area contributed by atoms with Crippen LogP contribution < -0.4 is 5.48 Å². The summed E-state index contributed by atoms with van der Waals surface area (Å²) >= 11 is 0. The van der Waals surface area contributed by atoms with E-state index in [-0.39, 0.29) is 0 Å². The zero-order valence-corrected chi connectivity index (χ0v) is 4.17. The lowest BCUT2D eigenvalue weighted by atomic mass is 10.8. The molecule has 0 rings (SSSR count). The van der Waals surface area contributed by atoms with Crippen molar-refractivity contribution in [3.63, 3.8) is 0 Å². The molecule has 0 spiro atoms. The van der Waals surface area contributed by atoms with Crippen LogP contribution in [0, 0.1) is 0 Å². The van der Waals surface area contributed by atoms with Crippen LogP contribution in [0.25, 0.3) is 0 Å². The number of carbonyl (C=O) groups excluding carboxylic acids is 1. The predicted octanol–water partition coefficient (Wildman–Crippen LogP) is -0.268. The molecule has 0 atom stereocenters. The molecule has 0 aliphatic heterocycles. The summed E-state index contributed by atoms with van der Waals surface area (Å²) in [5.41, 5.74) is 1.61. The molecule has 0 unspecified atom stereocenters. The molecule has 0 bridgehead atoms. The lowest BCUT2D eigenvalue weighted by molar-refractivity contribution is -0.128. The molecule has 0 heterocycles. The van der Waals surface area contributed by atoms with E-state index in [4.69, 9.17) is 5.11 Å². The normalized spacial score (nSPS) is 7.62. The van der Waals surface area contributed by atoms with E-state index in [1.807, 2.05) is 0 Å². The minimum absolute atomic E-state index is 0.549. The van der Waals surface area contributed by atoms with Crippen LogP contribution in [0.5, 0.6) is 0 Å². The number of amides is 1. The van der Waals surface area contributed by atoms with E-state index < -0.39 is 12.1 Å². The van der Waals surface area contributed by atoms with Crippen LogP contribution in [0.15, 0.2) is 0 Å². The van der Waals surface area contributed by atoms with Gasteiger partial charge in [-0.05, 0) is 0 Å². The largest absolute Gasteiger partial charge is 0.530 e. The first-order valence-corrected chi connectivity index (χ1v) is 1.79. The Morgan fingerprint density at radius 2 is 2.12 bits per heavy atom. The molecule has 0 aromatic heterocycles. The minimum atomic E-state index is -1.53. The van der Waals surface area contributed by atoms with Gasteiger partial charge in [-0.1, -0.05) is 0 Å². The van der Waals surface area contributed by atoms with E-state index >= 15 is 0 Å². The van der Waals surface area contributed by atoms with Gasteiger partial charge < -0.3 is 9.94 Å². The van der Waals surface area contributed by atoms with E-state index in [9.17, 15) is 9.59 Å². The average Bonchev–Trinajstić information content (AvgIpc) is 1.61. The van der Waals surface area contributed by atoms with Gasteiger partial charge in [0.15, 0.2) is 0 Å². The van der Waals surface area contributed by atoms with Gasteiger partial charge in [0.25, 0.3) is 0 Å². The van der Waals surface area contributed by atoms with Gasteiger partial charge in [-0.15, -0.1) is 0 Å². The molecule has 1 amide bonds. The predicted molar refractivity (Wildman–Crippen MR) is 22.9 cm³/mol. The molecule has 2 N–H and O–H groups in total. The Kier molecular flexibility index (Phi) is 2.39.